The van der Waals surface area contributed by atoms with E-state index in [1.165, 1.54) is 308 Å². The Morgan fingerprint density at radius 3 is 0.963 bits per heavy atom. The standard InChI is InChI=1S/C74H139NO5/c1-3-5-7-9-11-13-15-17-19-39-42-46-50-54-58-62-66-72(77)71(70-76)75-73(78)67-63-59-55-51-47-43-40-37-35-33-31-29-27-25-23-21-20-22-24-26-28-30-32-34-36-38-41-45-49-53-57-61-65-69-80-74(79)68-64-60-56-52-48-44-18-16-14-12-10-8-6-4-2/h16,18,24,26,30,32,62,66,71-72,76-77H,3-15,17,19-23,25,27-29,31,33-61,63-65,67-70H2,1-2H3,(H,75,78)/b18-16-,26-24-,32-30-,66-62+. The molecule has 0 aromatic carbocycles. The molecule has 0 spiro atoms. The van der Waals surface area contributed by atoms with Crippen LogP contribution in [0.4, 0.5) is 0 Å². The van der Waals surface area contributed by atoms with Gasteiger partial charge in [-0.1, -0.05) is 332 Å². The summed E-state index contributed by atoms with van der Waals surface area (Å²) in [5.74, 6) is -0.0585. The number of aliphatic hydroxyl groups excluding tert-OH is 2. The van der Waals surface area contributed by atoms with Crippen LogP contribution in [0.2, 0.25) is 0 Å². The molecule has 0 aliphatic rings. The molecule has 0 heterocycles. The van der Waals surface area contributed by atoms with Crippen molar-refractivity contribution in [3.8, 4) is 0 Å². The fourth-order valence-electron chi connectivity index (χ4n) is 11.1. The molecule has 6 heteroatoms. The molecule has 0 aromatic heterocycles. The number of esters is 1. The molecule has 2 unspecified atom stereocenters. The van der Waals surface area contributed by atoms with Crippen molar-refractivity contribution < 1.29 is 24.5 Å². The largest absolute Gasteiger partial charge is 0.466 e. The predicted octanol–water partition coefficient (Wildman–Crippen LogP) is 23.3. The highest BCUT2D eigenvalue weighted by molar-refractivity contribution is 5.76. The van der Waals surface area contributed by atoms with E-state index in [0.717, 1.165) is 51.4 Å². The van der Waals surface area contributed by atoms with Gasteiger partial charge in [0, 0.05) is 12.8 Å². The van der Waals surface area contributed by atoms with E-state index in [9.17, 15) is 19.8 Å². The zero-order valence-corrected chi connectivity index (χ0v) is 53.8. The van der Waals surface area contributed by atoms with Crippen LogP contribution in [-0.4, -0.2) is 47.4 Å². The lowest BCUT2D eigenvalue weighted by Crippen LogP contribution is -2.45. The highest BCUT2D eigenvalue weighted by Crippen LogP contribution is 2.18. The molecule has 0 aliphatic carbocycles. The van der Waals surface area contributed by atoms with Crippen LogP contribution in [-0.2, 0) is 14.3 Å². The molecule has 470 valence electrons. The Kier molecular flexibility index (Phi) is 67.4. The average Bonchev–Trinajstić information content (AvgIpc) is 3.46. The number of carbonyl (C=O) groups excluding carboxylic acids is 2. The van der Waals surface area contributed by atoms with Gasteiger partial charge in [0.2, 0.25) is 5.91 Å². The lowest BCUT2D eigenvalue weighted by molar-refractivity contribution is -0.143. The predicted molar refractivity (Wildman–Crippen MR) is 352 cm³/mol. The number of aliphatic hydroxyl groups is 2. The summed E-state index contributed by atoms with van der Waals surface area (Å²) in [6, 6.07) is -0.627. The first-order chi connectivity index (χ1) is 39.5. The minimum atomic E-state index is -0.844. The molecule has 3 N–H and O–H groups in total. The summed E-state index contributed by atoms with van der Waals surface area (Å²) in [6.07, 6.45) is 90.6. The van der Waals surface area contributed by atoms with Gasteiger partial charge in [-0.05, 0) is 89.9 Å². The van der Waals surface area contributed by atoms with Gasteiger partial charge in [-0.15, -0.1) is 0 Å². The molecule has 80 heavy (non-hydrogen) atoms. The van der Waals surface area contributed by atoms with E-state index in [0.29, 0.717) is 19.4 Å². The Labute approximate surface area is 499 Å². The first-order valence-electron chi connectivity index (χ1n) is 35.9. The molecule has 1 amide bonds. The number of rotatable bonds is 67. The van der Waals surface area contributed by atoms with Crippen molar-refractivity contribution in [1.29, 1.82) is 0 Å². The third-order valence-electron chi connectivity index (χ3n) is 16.6. The summed E-state index contributed by atoms with van der Waals surface area (Å²) < 4.78 is 5.48. The van der Waals surface area contributed by atoms with Crippen molar-refractivity contribution in [3.63, 3.8) is 0 Å². The second-order valence-electron chi connectivity index (χ2n) is 24.6. The Balaban J connectivity index is 3.40. The number of unbranched alkanes of at least 4 members (excludes halogenated alkanes) is 50. The molecule has 6 nitrogen and oxygen atoms in total. The number of carbonyl (C=O) groups is 2. The molecule has 0 saturated carbocycles. The van der Waals surface area contributed by atoms with Gasteiger partial charge in [0.05, 0.1) is 25.4 Å². The van der Waals surface area contributed by atoms with Crippen LogP contribution in [0.25, 0.3) is 0 Å². The Morgan fingerprint density at radius 2 is 0.625 bits per heavy atom. The van der Waals surface area contributed by atoms with Gasteiger partial charge in [0.15, 0.2) is 0 Å². The molecule has 0 aromatic rings. The summed E-state index contributed by atoms with van der Waals surface area (Å²) in [4.78, 5) is 24.5. The van der Waals surface area contributed by atoms with Crippen molar-refractivity contribution in [2.24, 2.45) is 0 Å². The van der Waals surface area contributed by atoms with Gasteiger partial charge in [-0.2, -0.15) is 0 Å². The SMILES string of the molecule is CCCCCCC/C=C\CCCCCCCC(=O)OCCCCCCCCCCC/C=C\C/C=C\CCCCCCCCCCCCCCCCCCCC(=O)NC(CO)C(O)/C=C/CCCCCCCCCCCCCCCC. The van der Waals surface area contributed by atoms with Gasteiger partial charge in [-0.3, -0.25) is 9.59 Å². The Morgan fingerprint density at radius 1 is 0.350 bits per heavy atom. The molecule has 0 saturated heterocycles. The van der Waals surface area contributed by atoms with Crippen LogP contribution in [0.1, 0.15) is 386 Å². The molecule has 0 radical (unpaired) electrons. The van der Waals surface area contributed by atoms with E-state index in [1.54, 1.807) is 6.08 Å². The monoisotopic (exact) mass is 1120 g/mol. The number of allylic oxidation sites excluding steroid dienone is 7. The van der Waals surface area contributed by atoms with Crippen LogP contribution < -0.4 is 5.32 Å². The van der Waals surface area contributed by atoms with Crippen molar-refractivity contribution in [3.05, 3.63) is 48.6 Å². The highest BCUT2D eigenvalue weighted by Gasteiger charge is 2.18. The maximum absolute atomic E-state index is 12.5. The Hall–Kier alpha value is -2.18. The fourth-order valence-corrected chi connectivity index (χ4v) is 11.1. The molecule has 0 fully saturated rings. The van der Waals surface area contributed by atoms with Crippen molar-refractivity contribution >= 4 is 11.9 Å². The smallest absolute Gasteiger partial charge is 0.305 e. The van der Waals surface area contributed by atoms with Gasteiger partial charge in [-0.25, -0.2) is 0 Å². The van der Waals surface area contributed by atoms with Crippen LogP contribution in [0.3, 0.4) is 0 Å². The van der Waals surface area contributed by atoms with Gasteiger partial charge >= 0.3 is 5.97 Å². The zero-order chi connectivity index (χ0) is 57.8. The summed E-state index contributed by atoms with van der Waals surface area (Å²) in [6.45, 7) is 4.91. The van der Waals surface area contributed by atoms with Crippen LogP contribution in [0, 0.1) is 0 Å². The normalized spacial score (nSPS) is 12.8. The summed E-state index contributed by atoms with van der Waals surface area (Å²) in [7, 11) is 0. The average molecular weight is 1120 g/mol. The minimum absolute atomic E-state index is 0.00545. The van der Waals surface area contributed by atoms with E-state index in [1.807, 2.05) is 6.08 Å². The van der Waals surface area contributed by atoms with E-state index in [-0.39, 0.29) is 18.5 Å². The van der Waals surface area contributed by atoms with Gasteiger partial charge in [0.25, 0.3) is 0 Å². The Bertz CT molecular complexity index is 1340. The third kappa shape index (κ3) is 65.0. The lowest BCUT2D eigenvalue weighted by Gasteiger charge is -2.20. The minimum Gasteiger partial charge on any atom is -0.466 e. The van der Waals surface area contributed by atoms with Crippen LogP contribution in [0.15, 0.2) is 48.6 Å². The maximum atomic E-state index is 12.5. The number of hydrogen-bond donors (Lipinski definition) is 3. The summed E-state index contributed by atoms with van der Waals surface area (Å²) in [5.41, 5.74) is 0. The van der Waals surface area contributed by atoms with Crippen molar-refractivity contribution in [2.75, 3.05) is 13.2 Å². The fraction of sp³-hybridized carbons (Fsp3) is 0.865. The molecule has 0 bridgehead atoms. The van der Waals surface area contributed by atoms with E-state index < -0.39 is 12.1 Å². The quantitative estimate of drug-likeness (QED) is 0.0320. The van der Waals surface area contributed by atoms with Gasteiger partial charge in [0.1, 0.15) is 0 Å². The second kappa shape index (κ2) is 69.3. The van der Waals surface area contributed by atoms with Crippen LogP contribution >= 0.6 is 0 Å². The zero-order valence-electron chi connectivity index (χ0n) is 53.8. The molecule has 0 rings (SSSR count). The summed E-state index contributed by atoms with van der Waals surface area (Å²) in [5, 5.41) is 23.2. The molecule has 2 atom stereocenters. The van der Waals surface area contributed by atoms with E-state index in [4.69, 9.17) is 4.74 Å². The van der Waals surface area contributed by atoms with Crippen molar-refractivity contribution in [2.45, 2.75) is 398 Å². The number of hydrogen-bond acceptors (Lipinski definition) is 5. The maximum Gasteiger partial charge on any atom is 0.305 e. The topological polar surface area (TPSA) is 95.9 Å². The van der Waals surface area contributed by atoms with E-state index in [2.05, 4.69) is 55.6 Å². The second-order valence-corrected chi connectivity index (χ2v) is 24.6. The van der Waals surface area contributed by atoms with E-state index >= 15 is 0 Å². The van der Waals surface area contributed by atoms with Crippen LogP contribution in [0.5, 0.6) is 0 Å². The number of amides is 1. The first-order valence-corrected chi connectivity index (χ1v) is 35.9. The summed E-state index contributed by atoms with van der Waals surface area (Å²) >= 11 is 0. The lowest BCUT2D eigenvalue weighted by atomic mass is 10.0. The third-order valence-corrected chi connectivity index (χ3v) is 16.6. The number of nitrogens with one attached hydrogen (secondary N) is 1. The molecular formula is C74H139NO5. The molecular weight excluding hydrogens is 983 g/mol. The number of ether oxygens (including phenoxy) is 1. The van der Waals surface area contributed by atoms with Gasteiger partial charge < -0.3 is 20.3 Å². The van der Waals surface area contributed by atoms with Crippen molar-refractivity contribution in [1.82, 2.24) is 5.32 Å². The first kappa shape index (κ1) is 77.8. The highest BCUT2D eigenvalue weighted by atomic mass is 16.5. The molecule has 0 aliphatic heterocycles.